The Balaban J connectivity index is 1.79. The van der Waals surface area contributed by atoms with Crippen molar-refractivity contribution in [1.29, 1.82) is 0 Å². The van der Waals surface area contributed by atoms with E-state index in [9.17, 15) is 9.59 Å². The smallest absolute Gasteiger partial charge is 0.226 e. The number of nitrogens with one attached hydrogen (secondary N) is 2. The Hall–Kier alpha value is -3.05. The molecule has 0 radical (unpaired) electrons. The van der Waals surface area contributed by atoms with Crippen molar-refractivity contribution in [1.82, 2.24) is 9.88 Å². The van der Waals surface area contributed by atoms with Gasteiger partial charge in [-0.1, -0.05) is 41.9 Å². The lowest BCUT2D eigenvalue weighted by atomic mass is 10.0. The number of carbonyl (C=O) groups is 2. The summed E-state index contributed by atoms with van der Waals surface area (Å²) >= 11 is 6.12. The lowest BCUT2D eigenvalue weighted by molar-refractivity contribution is -0.120. The van der Waals surface area contributed by atoms with Crippen molar-refractivity contribution in [2.75, 3.05) is 5.32 Å². The Morgan fingerprint density at radius 1 is 1.04 bits per heavy atom. The van der Waals surface area contributed by atoms with Gasteiger partial charge in [-0.2, -0.15) is 0 Å². The highest BCUT2D eigenvalue weighted by Gasteiger charge is 2.18. The molecule has 2 N–H and O–H groups in total. The van der Waals surface area contributed by atoms with Crippen LogP contribution in [0.1, 0.15) is 24.9 Å². The van der Waals surface area contributed by atoms with E-state index < -0.39 is 6.04 Å². The van der Waals surface area contributed by atoms with E-state index in [-0.39, 0.29) is 18.2 Å². The molecule has 0 saturated heterocycles. The standard InChI is InChI=1S/C21H20ClN3O2/c1-15(26)23-19(16-7-3-2-4-8-16)14-21(27)24-18-10-9-17(22)13-20(18)25-11-5-6-12-25/h2-13,19H,14H2,1H3,(H,23,26)(H,24,27). The summed E-state index contributed by atoms with van der Waals surface area (Å²) < 4.78 is 1.88. The third-order valence-corrected chi connectivity index (χ3v) is 4.32. The summed E-state index contributed by atoms with van der Waals surface area (Å²) in [5.41, 5.74) is 2.30. The Morgan fingerprint density at radius 2 is 1.74 bits per heavy atom. The predicted octanol–water partition coefficient (Wildman–Crippen LogP) is 4.34. The van der Waals surface area contributed by atoms with Crippen LogP contribution >= 0.6 is 11.6 Å². The molecule has 0 fully saturated rings. The number of carbonyl (C=O) groups excluding carboxylic acids is 2. The van der Waals surface area contributed by atoms with Gasteiger partial charge in [0.1, 0.15) is 0 Å². The summed E-state index contributed by atoms with van der Waals surface area (Å²) in [4.78, 5) is 24.2. The second kappa shape index (κ2) is 8.56. The van der Waals surface area contributed by atoms with Crippen LogP contribution < -0.4 is 10.6 Å². The van der Waals surface area contributed by atoms with E-state index in [0.29, 0.717) is 10.7 Å². The predicted molar refractivity (Wildman–Crippen MR) is 107 cm³/mol. The van der Waals surface area contributed by atoms with E-state index in [2.05, 4.69) is 10.6 Å². The first-order valence-electron chi connectivity index (χ1n) is 8.58. The quantitative estimate of drug-likeness (QED) is 0.667. The van der Waals surface area contributed by atoms with Gasteiger partial charge in [-0.05, 0) is 35.9 Å². The fraction of sp³-hybridized carbons (Fsp3) is 0.143. The molecule has 27 heavy (non-hydrogen) atoms. The van der Waals surface area contributed by atoms with Crippen LogP contribution in [-0.4, -0.2) is 16.4 Å². The maximum atomic E-state index is 12.7. The lowest BCUT2D eigenvalue weighted by Crippen LogP contribution is -2.29. The zero-order chi connectivity index (χ0) is 19.2. The summed E-state index contributed by atoms with van der Waals surface area (Å²) in [5.74, 6) is -0.385. The van der Waals surface area contributed by atoms with Crippen LogP contribution in [0.5, 0.6) is 0 Å². The van der Waals surface area contributed by atoms with E-state index in [1.807, 2.05) is 59.4 Å². The second-order valence-corrected chi connectivity index (χ2v) is 6.60. The van der Waals surface area contributed by atoms with E-state index in [4.69, 9.17) is 11.6 Å². The van der Waals surface area contributed by atoms with Crippen molar-refractivity contribution in [3.05, 3.63) is 83.6 Å². The van der Waals surface area contributed by atoms with Gasteiger partial charge in [0.2, 0.25) is 11.8 Å². The monoisotopic (exact) mass is 381 g/mol. The number of benzene rings is 2. The van der Waals surface area contributed by atoms with Crippen LogP contribution in [-0.2, 0) is 9.59 Å². The maximum Gasteiger partial charge on any atom is 0.226 e. The van der Waals surface area contributed by atoms with Crippen molar-refractivity contribution < 1.29 is 9.59 Å². The molecule has 0 aliphatic carbocycles. The molecule has 0 bridgehead atoms. The zero-order valence-electron chi connectivity index (χ0n) is 14.9. The van der Waals surface area contributed by atoms with Gasteiger partial charge < -0.3 is 15.2 Å². The van der Waals surface area contributed by atoms with Gasteiger partial charge in [0, 0.05) is 24.3 Å². The van der Waals surface area contributed by atoms with Crippen LogP contribution in [0.4, 0.5) is 5.69 Å². The van der Waals surface area contributed by atoms with Crippen LogP contribution in [0.3, 0.4) is 0 Å². The molecule has 1 unspecified atom stereocenters. The van der Waals surface area contributed by atoms with Crippen molar-refractivity contribution in [3.8, 4) is 5.69 Å². The Labute approximate surface area is 163 Å². The molecule has 1 heterocycles. The number of hydrogen-bond donors (Lipinski definition) is 2. The summed E-state index contributed by atoms with van der Waals surface area (Å²) in [7, 11) is 0. The first-order chi connectivity index (χ1) is 13.0. The minimum absolute atomic E-state index is 0.122. The molecule has 6 heteroatoms. The highest BCUT2D eigenvalue weighted by Crippen LogP contribution is 2.26. The average molecular weight is 382 g/mol. The van der Waals surface area contributed by atoms with Crippen LogP contribution in [0.2, 0.25) is 5.02 Å². The molecule has 3 rings (SSSR count). The van der Waals surface area contributed by atoms with E-state index in [1.54, 1.807) is 18.2 Å². The molecule has 1 atom stereocenters. The molecule has 0 spiro atoms. The summed E-state index contributed by atoms with van der Waals surface area (Å²) in [6.07, 6.45) is 3.88. The van der Waals surface area contributed by atoms with Crippen molar-refractivity contribution in [2.45, 2.75) is 19.4 Å². The second-order valence-electron chi connectivity index (χ2n) is 6.17. The summed E-state index contributed by atoms with van der Waals surface area (Å²) in [6.45, 7) is 1.44. The average Bonchev–Trinajstić information content (AvgIpc) is 3.17. The van der Waals surface area contributed by atoms with Crippen LogP contribution in [0.15, 0.2) is 73.1 Å². The number of amides is 2. The van der Waals surface area contributed by atoms with Crippen molar-refractivity contribution in [3.63, 3.8) is 0 Å². The van der Waals surface area contributed by atoms with Gasteiger partial charge in [0.25, 0.3) is 0 Å². The summed E-state index contributed by atoms with van der Waals surface area (Å²) in [6, 6.07) is 18.1. The molecule has 2 amide bonds. The fourth-order valence-corrected chi connectivity index (χ4v) is 3.06. The molecule has 1 aromatic heterocycles. The molecular formula is C21H20ClN3O2. The maximum absolute atomic E-state index is 12.7. The first-order valence-corrected chi connectivity index (χ1v) is 8.95. The summed E-state index contributed by atoms with van der Waals surface area (Å²) in [5, 5.41) is 6.35. The van der Waals surface area contributed by atoms with Crippen molar-refractivity contribution in [2.24, 2.45) is 0 Å². The number of halogens is 1. The highest BCUT2D eigenvalue weighted by atomic mass is 35.5. The Bertz CT molecular complexity index is 924. The zero-order valence-corrected chi connectivity index (χ0v) is 15.6. The Morgan fingerprint density at radius 3 is 2.41 bits per heavy atom. The molecule has 0 aliphatic rings. The van der Waals surface area contributed by atoms with E-state index in [1.165, 1.54) is 6.92 Å². The van der Waals surface area contributed by atoms with Gasteiger partial charge in [0.15, 0.2) is 0 Å². The van der Waals surface area contributed by atoms with Gasteiger partial charge in [-0.25, -0.2) is 0 Å². The van der Waals surface area contributed by atoms with Crippen molar-refractivity contribution >= 4 is 29.1 Å². The van der Waals surface area contributed by atoms with E-state index in [0.717, 1.165) is 11.3 Å². The minimum atomic E-state index is -0.397. The molecule has 0 saturated carbocycles. The molecule has 0 aliphatic heterocycles. The molecular weight excluding hydrogens is 362 g/mol. The lowest BCUT2D eigenvalue weighted by Gasteiger charge is -2.19. The fourth-order valence-electron chi connectivity index (χ4n) is 2.89. The van der Waals surface area contributed by atoms with Crippen LogP contribution in [0, 0.1) is 0 Å². The normalized spacial score (nSPS) is 11.6. The first kappa shape index (κ1) is 18.7. The third-order valence-electron chi connectivity index (χ3n) is 4.09. The van der Waals surface area contributed by atoms with E-state index >= 15 is 0 Å². The van der Waals surface area contributed by atoms with Gasteiger partial charge >= 0.3 is 0 Å². The molecule has 3 aromatic rings. The number of anilines is 1. The SMILES string of the molecule is CC(=O)NC(CC(=O)Nc1ccc(Cl)cc1-n1cccc1)c1ccccc1. The minimum Gasteiger partial charge on any atom is -0.349 e. The number of hydrogen-bond acceptors (Lipinski definition) is 2. The van der Waals surface area contributed by atoms with Gasteiger partial charge in [0.05, 0.1) is 23.8 Å². The third kappa shape index (κ3) is 4.99. The van der Waals surface area contributed by atoms with Gasteiger partial charge in [-0.15, -0.1) is 0 Å². The Kier molecular flexibility index (Phi) is 5.94. The molecule has 2 aromatic carbocycles. The largest absolute Gasteiger partial charge is 0.349 e. The topological polar surface area (TPSA) is 63.1 Å². The van der Waals surface area contributed by atoms with Gasteiger partial charge in [-0.3, -0.25) is 9.59 Å². The number of rotatable bonds is 6. The van der Waals surface area contributed by atoms with Crippen LogP contribution in [0.25, 0.3) is 5.69 Å². The molecule has 138 valence electrons. The number of nitrogens with zero attached hydrogens (tertiary/aromatic N) is 1. The number of aromatic nitrogens is 1. The highest BCUT2D eigenvalue weighted by molar-refractivity contribution is 6.30. The molecule has 5 nitrogen and oxygen atoms in total.